The lowest BCUT2D eigenvalue weighted by atomic mass is 10.1. The van der Waals surface area contributed by atoms with E-state index in [0.717, 1.165) is 13.1 Å². The van der Waals surface area contributed by atoms with Crippen LogP contribution in [0.4, 0.5) is 10.1 Å². The smallest absolute Gasteiger partial charge is 0.238 e. The average Bonchev–Trinajstić information content (AvgIpc) is 2.83. The fourth-order valence-corrected chi connectivity index (χ4v) is 2.47. The highest BCUT2D eigenvalue weighted by Crippen LogP contribution is 2.22. The molecule has 0 atom stereocenters. The maximum atomic E-state index is 13.5. The number of hydrogen-bond donors (Lipinski definition) is 1. The van der Waals surface area contributed by atoms with Crippen LogP contribution in [-0.2, 0) is 17.9 Å². The van der Waals surface area contributed by atoms with Crippen LogP contribution in [0.2, 0.25) is 0 Å². The molecule has 1 heterocycles. The van der Waals surface area contributed by atoms with E-state index in [-0.39, 0.29) is 18.1 Å². The maximum Gasteiger partial charge on any atom is 0.238 e. The zero-order valence-electron chi connectivity index (χ0n) is 11.0. The fourth-order valence-electron chi connectivity index (χ4n) is 2.47. The Morgan fingerprint density at radius 3 is 2.30 bits per heavy atom. The molecule has 102 valence electrons. The van der Waals surface area contributed by atoms with Crippen LogP contribution in [0.15, 0.2) is 48.5 Å². The van der Waals surface area contributed by atoms with Gasteiger partial charge in [-0.05, 0) is 23.3 Å². The fraction of sp³-hybridized carbons (Fsp3) is 0.188. The van der Waals surface area contributed by atoms with E-state index < -0.39 is 5.82 Å². The first-order valence-electron chi connectivity index (χ1n) is 6.56. The Balaban J connectivity index is 1.60. The summed E-state index contributed by atoms with van der Waals surface area (Å²) in [6.45, 7) is 1.80. The Kier molecular flexibility index (Phi) is 3.48. The Hall–Kier alpha value is -2.20. The number of carbonyl (C=O) groups excluding carboxylic acids is 1. The van der Waals surface area contributed by atoms with Gasteiger partial charge in [0.15, 0.2) is 0 Å². The Morgan fingerprint density at radius 1 is 1.05 bits per heavy atom. The molecule has 4 heteroatoms. The second-order valence-corrected chi connectivity index (χ2v) is 4.94. The summed E-state index contributed by atoms with van der Waals surface area (Å²) < 4.78 is 13.5. The largest absolute Gasteiger partial charge is 0.322 e. The van der Waals surface area contributed by atoms with Crippen molar-refractivity contribution in [1.82, 2.24) is 4.90 Å². The van der Waals surface area contributed by atoms with Gasteiger partial charge in [0.25, 0.3) is 0 Å². The third-order valence-electron chi connectivity index (χ3n) is 3.42. The van der Waals surface area contributed by atoms with Crippen molar-refractivity contribution in [3.05, 3.63) is 65.5 Å². The number of rotatable bonds is 3. The second-order valence-electron chi connectivity index (χ2n) is 4.94. The van der Waals surface area contributed by atoms with Crippen LogP contribution < -0.4 is 5.32 Å². The van der Waals surface area contributed by atoms with Gasteiger partial charge in [0, 0.05) is 13.1 Å². The third kappa shape index (κ3) is 2.70. The zero-order chi connectivity index (χ0) is 13.9. The SMILES string of the molecule is O=C(CN1Cc2ccccc2C1)Nc1ccccc1F. The van der Waals surface area contributed by atoms with E-state index in [2.05, 4.69) is 17.4 Å². The minimum absolute atomic E-state index is 0.192. The van der Waals surface area contributed by atoms with Crippen molar-refractivity contribution < 1.29 is 9.18 Å². The van der Waals surface area contributed by atoms with Gasteiger partial charge in [-0.3, -0.25) is 9.69 Å². The van der Waals surface area contributed by atoms with Crippen molar-refractivity contribution in [2.45, 2.75) is 13.1 Å². The van der Waals surface area contributed by atoms with Gasteiger partial charge in [-0.15, -0.1) is 0 Å². The predicted octanol–water partition coefficient (Wildman–Crippen LogP) is 2.78. The summed E-state index contributed by atoms with van der Waals surface area (Å²) in [7, 11) is 0. The molecule has 2 aromatic carbocycles. The van der Waals surface area contributed by atoms with Crippen molar-refractivity contribution in [3.8, 4) is 0 Å². The molecule has 0 spiro atoms. The molecule has 0 unspecified atom stereocenters. The molecule has 2 aromatic rings. The summed E-state index contributed by atoms with van der Waals surface area (Å²) in [4.78, 5) is 14.0. The highest BCUT2D eigenvalue weighted by atomic mass is 19.1. The normalized spacial score (nSPS) is 14.1. The number of amides is 1. The summed E-state index contributed by atoms with van der Waals surface area (Å²) in [5.41, 5.74) is 2.74. The van der Waals surface area contributed by atoms with Crippen LogP contribution in [0.25, 0.3) is 0 Å². The Morgan fingerprint density at radius 2 is 1.65 bits per heavy atom. The van der Waals surface area contributed by atoms with E-state index in [1.54, 1.807) is 18.2 Å². The first-order chi connectivity index (χ1) is 9.72. The summed E-state index contributed by atoms with van der Waals surface area (Å²) in [6, 6.07) is 14.3. The molecule has 0 bridgehead atoms. The molecule has 1 aliphatic heterocycles. The number of nitrogens with one attached hydrogen (secondary N) is 1. The van der Waals surface area contributed by atoms with Crippen molar-refractivity contribution in [2.24, 2.45) is 0 Å². The van der Waals surface area contributed by atoms with Crippen LogP contribution in [-0.4, -0.2) is 17.4 Å². The number of para-hydroxylation sites is 1. The summed E-state index contributed by atoms with van der Waals surface area (Å²) >= 11 is 0. The van der Waals surface area contributed by atoms with Gasteiger partial charge in [0.2, 0.25) is 5.91 Å². The zero-order valence-corrected chi connectivity index (χ0v) is 11.0. The van der Waals surface area contributed by atoms with Gasteiger partial charge in [0.1, 0.15) is 5.82 Å². The molecule has 3 rings (SSSR count). The van der Waals surface area contributed by atoms with Crippen molar-refractivity contribution in [3.63, 3.8) is 0 Å². The molecular weight excluding hydrogens is 255 g/mol. The highest BCUT2D eigenvalue weighted by molar-refractivity contribution is 5.92. The molecule has 1 N–H and O–H groups in total. The summed E-state index contributed by atoms with van der Waals surface area (Å²) in [6.07, 6.45) is 0. The molecule has 1 amide bonds. The van der Waals surface area contributed by atoms with Gasteiger partial charge < -0.3 is 5.32 Å². The molecule has 0 fully saturated rings. The van der Waals surface area contributed by atoms with Crippen LogP contribution in [0.5, 0.6) is 0 Å². The first kappa shape index (κ1) is 12.8. The van der Waals surface area contributed by atoms with Gasteiger partial charge in [0.05, 0.1) is 12.2 Å². The van der Waals surface area contributed by atoms with E-state index >= 15 is 0 Å². The standard InChI is InChI=1S/C16H15FN2O/c17-14-7-3-4-8-15(14)18-16(20)11-19-9-12-5-1-2-6-13(12)10-19/h1-8H,9-11H2,(H,18,20). The number of anilines is 1. The molecule has 0 saturated carbocycles. The number of fused-ring (bicyclic) bond motifs is 1. The molecule has 20 heavy (non-hydrogen) atoms. The average molecular weight is 270 g/mol. The minimum Gasteiger partial charge on any atom is -0.322 e. The number of benzene rings is 2. The van der Waals surface area contributed by atoms with E-state index in [4.69, 9.17) is 0 Å². The van der Waals surface area contributed by atoms with E-state index in [1.807, 2.05) is 17.0 Å². The molecule has 0 aliphatic carbocycles. The number of halogens is 1. The number of carbonyl (C=O) groups is 1. The van der Waals surface area contributed by atoms with E-state index in [9.17, 15) is 9.18 Å². The minimum atomic E-state index is -0.412. The first-order valence-corrected chi connectivity index (χ1v) is 6.56. The molecule has 1 aliphatic rings. The van der Waals surface area contributed by atoms with Gasteiger partial charge in [-0.2, -0.15) is 0 Å². The van der Waals surface area contributed by atoms with Crippen LogP contribution in [0.1, 0.15) is 11.1 Å². The van der Waals surface area contributed by atoms with Crippen molar-refractivity contribution >= 4 is 11.6 Å². The van der Waals surface area contributed by atoms with Crippen molar-refractivity contribution in [1.29, 1.82) is 0 Å². The van der Waals surface area contributed by atoms with Gasteiger partial charge in [-0.1, -0.05) is 36.4 Å². The topological polar surface area (TPSA) is 32.3 Å². The lowest BCUT2D eigenvalue weighted by Crippen LogP contribution is -2.29. The molecular formula is C16H15FN2O. The monoisotopic (exact) mass is 270 g/mol. The quantitative estimate of drug-likeness (QED) is 0.930. The van der Waals surface area contributed by atoms with Gasteiger partial charge >= 0.3 is 0 Å². The predicted molar refractivity (Wildman–Crippen MR) is 75.6 cm³/mol. The summed E-state index contributed by atoms with van der Waals surface area (Å²) in [5.74, 6) is -0.603. The Labute approximate surface area is 117 Å². The van der Waals surface area contributed by atoms with E-state index in [1.165, 1.54) is 17.2 Å². The second kappa shape index (κ2) is 5.43. The van der Waals surface area contributed by atoms with Gasteiger partial charge in [-0.25, -0.2) is 4.39 Å². The van der Waals surface area contributed by atoms with E-state index in [0.29, 0.717) is 0 Å². The molecule has 3 nitrogen and oxygen atoms in total. The summed E-state index contributed by atoms with van der Waals surface area (Å²) in [5, 5.41) is 2.61. The number of nitrogens with zero attached hydrogens (tertiary/aromatic N) is 1. The van der Waals surface area contributed by atoms with Crippen molar-refractivity contribution in [2.75, 3.05) is 11.9 Å². The Bertz CT molecular complexity index is 617. The molecule has 0 aromatic heterocycles. The third-order valence-corrected chi connectivity index (χ3v) is 3.42. The van der Waals surface area contributed by atoms with Crippen LogP contribution in [0.3, 0.4) is 0 Å². The molecule has 0 saturated heterocycles. The highest BCUT2D eigenvalue weighted by Gasteiger charge is 2.20. The lowest BCUT2D eigenvalue weighted by Gasteiger charge is -2.14. The lowest BCUT2D eigenvalue weighted by molar-refractivity contribution is -0.117. The molecule has 0 radical (unpaired) electrons. The van der Waals surface area contributed by atoms with Crippen LogP contribution >= 0.6 is 0 Å². The maximum absolute atomic E-state index is 13.5. The number of hydrogen-bond acceptors (Lipinski definition) is 2. The van der Waals surface area contributed by atoms with Crippen LogP contribution in [0, 0.1) is 5.82 Å².